The van der Waals surface area contributed by atoms with Gasteiger partial charge >= 0.3 is 0 Å². The smallest absolute Gasteiger partial charge is 0.0408 e. The van der Waals surface area contributed by atoms with Crippen molar-refractivity contribution < 1.29 is 0 Å². The Morgan fingerprint density at radius 1 is 1.14 bits per heavy atom. The molecule has 0 amide bonds. The third kappa shape index (κ3) is 5.46. The molecule has 0 aromatic heterocycles. The molecular formula is C18H21BrClN. The highest BCUT2D eigenvalue weighted by atomic mass is 79.9. The van der Waals surface area contributed by atoms with Crippen LogP contribution < -0.4 is 5.32 Å². The van der Waals surface area contributed by atoms with E-state index in [1.807, 2.05) is 12.1 Å². The quantitative estimate of drug-likeness (QED) is 0.644. The van der Waals surface area contributed by atoms with E-state index in [-0.39, 0.29) is 0 Å². The molecule has 1 nitrogen and oxygen atoms in total. The van der Waals surface area contributed by atoms with Gasteiger partial charge in [0, 0.05) is 22.0 Å². The fraction of sp³-hybridized carbons (Fsp3) is 0.333. The molecule has 0 spiro atoms. The topological polar surface area (TPSA) is 12.0 Å². The maximum Gasteiger partial charge on any atom is 0.0408 e. The Kier molecular flexibility index (Phi) is 6.75. The van der Waals surface area contributed by atoms with Crippen LogP contribution in [0.1, 0.15) is 30.4 Å². The summed E-state index contributed by atoms with van der Waals surface area (Å²) in [7, 11) is 0. The third-order valence-corrected chi connectivity index (χ3v) is 4.24. The van der Waals surface area contributed by atoms with Crippen LogP contribution in [0.3, 0.4) is 0 Å². The second-order valence-electron chi connectivity index (χ2n) is 5.29. The zero-order valence-corrected chi connectivity index (χ0v) is 14.6. The van der Waals surface area contributed by atoms with Gasteiger partial charge < -0.3 is 5.32 Å². The Labute approximate surface area is 140 Å². The molecule has 2 aromatic carbocycles. The first kappa shape index (κ1) is 16.5. The lowest BCUT2D eigenvalue weighted by atomic mass is 9.92. The average molecular weight is 367 g/mol. The van der Waals surface area contributed by atoms with E-state index in [0.29, 0.717) is 5.92 Å². The van der Waals surface area contributed by atoms with Crippen LogP contribution in [-0.4, -0.2) is 13.1 Å². The highest BCUT2D eigenvalue weighted by molar-refractivity contribution is 9.10. The van der Waals surface area contributed by atoms with Gasteiger partial charge in [-0.2, -0.15) is 0 Å². The van der Waals surface area contributed by atoms with Crippen molar-refractivity contribution in [3.05, 3.63) is 69.2 Å². The van der Waals surface area contributed by atoms with Crippen LogP contribution >= 0.6 is 27.5 Å². The molecule has 0 aliphatic rings. The zero-order valence-electron chi connectivity index (χ0n) is 12.3. The monoisotopic (exact) mass is 365 g/mol. The van der Waals surface area contributed by atoms with E-state index < -0.39 is 0 Å². The Morgan fingerprint density at radius 2 is 1.95 bits per heavy atom. The number of hydrogen-bond donors (Lipinski definition) is 1. The molecule has 0 saturated carbocycles. The maximum absolute atomic E-state index is 6.10. The largest absolute Gasteiger partial charge is 0.316 e. The van der Waals surface area contributed by atoms with Crippen LogP contribution in [0.15, 0.2) is 53.0 Å². The molecule has 0 aliphatic heterocycles. The van der Waals surface area contributed by atoms with Gasteiger partial charge in [-0.05, 0) is 54.8 Å². The molecule has 0 aliphatic carbocycles. The molecule has 0 saturated heterocycles. The molecule has 2 aromatic rings. The van der Waals surface area contributed by atoms with Crippen molar-refractivity contribution in [2.45, 2.75) is 25.7 Å². The van der Waals surface area contributed by atoms with E-state index in [1.165, 1.54) is 11.1 Å². The second kappa shape index (κ2) is 8.57. The highest BCUT2D eigenvalue weighted by Gasteiger charge is 2.13. The molecule has 21 heavy (non-hydrogen) atoms. The first-order valence-electron chi connectivity index (χ1n) is 7.39. The van der Waals surface area contributed by atoms with Gasteiger partial charge in [-0.25, -0.2) is 0 Å². The lowest BCUT2D eigenvalue weighted by Gasteiger charge is -2.19. The molecule has 0 radical (unpaired) electrons. The van der Waals surface area contributed by atoms with Crippen LogP contribution in [0.5, 0.6) is 0 Å². The summed E-state index contributed by atoms with van der Waals surface area (Å²) in [6.07, 6.45) is 2.15. The molecule has 1 unspecified atom stereocenters. The van der Waals surface area contributed by atoms with E-state index in [2.05, 4.69) is 64.6 Å². The first-order chi connectivity index (χ1) is 10.2. The molecule has 0 fully saturated rings. The van der Waals surface area contributed by atoms with Crippen molar-refractivity contribution in [3.63, 3.8) is 0 Å². The van der Waals surface area contributed by atoms with Gasteiger partial charge in [-0.3, -0.25) is 0 Å². The van der Waals surface area contributed by atoms with Gasteiger partial charge in [-0.15, -0.1) is 0 Å². The van der Waals surface area contributed by atoms with Gasteiger partial charge in [0.15, 0.2) is 0 Å². The minimum atomic E-state index is 0.451. The van der Waals surface area contributed by atoms with Crippen molar-refractivity contribution in [1.29, 1.82) is 0 Å². The lowest BCUT2D eigenvalue weighted by Crippen LogP contribution is -2.23. The Balaban J connectivity index is 2.15. The SMILES string of the molecule is CCCNCC(Cc1cccc(Cl)c1)c1cccc(Br)c1. The molecule has 0 heterocycles. The summed E-state index contributed by atoms with van der Waals surface area (Å²) in [6, 6.07) is 16.7. The standard InChI is InChI=1S/C18H21BrClN/c1-2-9-21-13-16(15-6-4-7-17(19)12-15)10-14-5-3-8-18(20)11-14/h3-8,11-12,16,21H,2,9-10,13H2,1H3. The fourth-order valence-corrected chi connectivity index (χ4v) is 3.10. The summed E-state index contributed by atoms with van der Waals surface area (Å²) in [6.45, 7) is 4.23. The van der Waals surface area contributed by atoms with Crippen molar-refractivity contribution in [3.8, 4) is 0 Å². The lowest BCUT2D eigenvalue weighted by molar-refractivity contribution is 0.576. The van der Waals surface area contributed by atoms with Gasteiger partial charge in [0.1, 0.15) is 0 Å². The highest BCUT2D eigenvalue weighted by Crippen LogP contribution is 2.24. The van der Waals surface area contributed by atoms with Crippen LogP contribution in [0, 0.1) is 0 Å². The molecule has 1 N–H and O–H groups in total. The van der Waals surface area contributed by atoms with Crippen molar-refractivity contribution in [2.75, 3.05) is 13.1 Å². The van der Waals surface area contributed by atoms with E-state index in [4.69, 9.17) is 11.6 Å². The average Bonchev–Trinajstić information content (AvgIpc) is 2.46. The Hall–Kier alpha value is -0.830. The molecule has 1 atom stereocenters. The maximum atomic E-state index is 6.10. The Morgan fingerprint density at radius 3 is 2.67 bits per heavy atom. The van der Waals surface area contributed by atoms with Crippen molar-refractivity contribution in [1.82, 2.24) is 5.32 Å². The number of hydrogen-bond acceptors (Lipinski definition) is 1. The van der Waals surface area contributed by atoms with E-state index >= 15 is 0 Å². The first-order valence-corrected chi connectivity index (χ1v) is 8.56. The van der Waals surface area contributed by atoms with Crippen molar-refractivity contribution >= 4 is 27.5 Å². The Bertz CT molecular complexity index is 571. The predicted octanol–water partition coefficient (Wildman–Crippen LogP) is 5.43. The number of nitrogens with one attached hydrogen (secondary N) is 1. The minimum absolute atomic E-state index is 0.451. The summed E-state index contributed by atoms with van der Waals surface area (Å²) in [5, 5.41) is 4.35. The van der Waals surface area contributed by atoms with Crippen LogP contribution in [0.25, 0.3) is 0 Å². The minimum Gasteiger partial charge on any atom is -0.316 e. The zero-order chi connectivity index (χ0) is 15.1. The number of halogens is 2. The summed E-state index contributed by atoms with van der Waals surface area (Å²) in [4.78, 5) is 0. The summed E-state index contributed by atoms with van der Waals surface area (Å²) >= 11 is 9.67. The number of rotatable bonds is 7. The van der Waals surface area contributed by atoms with Gasteiger partial charge in [0.2, 0.25) is 0 Å². The predicted molar refractivity (Wildman–Crippen MR) is 95.2 cm³/mol. The second-order valence-corrected chi connectivity index (χ2v) is 6.64. The van der Waals surface area contributed by atoms with Gasteiger partial charge in [0.25, 0.3) is 0 Å². The summed E-state index contributed by atoms with van der Waals surface area (Å²) in [5.41, 5.74) is 2.64. The number of benzene rings is 2. The van der Waals surface area contributed by atoms with E-state index in [0.717, 1.165) is 35.4 Å². The van der Waals surface area contributed by atoms with Crippen LogP contribution in [0.2, 0.25) is 5.02 Å². The molecule has 2 rings (SSSR count). The fourth-order valence-electron chi connectivity index (χ4n) is 2.47. The normalized spacial score (nSPS) is 12.3. The molecular weight excluding hydrogens is 346 g/mol. The van der Waals surface area contributed by atoms with Crippen LogP contribution in [-0.2, 0) is 6.42 Å². The molecule has 0 bridgehead atoms. The summed E-state index contributed by atoms with van der Waals surface area (Å²) in [5.74, 6) is 0.451. The third-order valence-electron chi connectivity index (χ3n) is 3.51. The molecule has 112 valence electrons. The van der Waals surface area contributed by atoms with E-state index in [1.54, 1.807) is 0 Å². The summed E-state index contributed by atoms with van der Waals surface area (Å²) < 4.78 is 1.13. The van der Waals surface area contributed by atoms with Gasteiger partial charge in [0.05, 0.1) is 0 Å². The van der Waals surface area contributed by atoms with Gasteiger partial charge in [-0.1, -0.05) is 58.7 Å². The van der Waals surface area contributed by atoms with E-state index in [9.17, 15) is 0 Å². The molecule has 3 heteroatoms. The van der Waals surface area contributed by atoms with Crippen LogP contribution in [0.4, 0.5) is 0 Å². The van der Waals surface area contributed by atoms with Crippen molar-refractivity contribution in [2.24, 2.45) is 0 Å².